The summed E-state index contributed by atoms with van der Waals surface area (Å²) in [5.41, 5.74) is -0.739. The number of anilines is 1. The molecule has 1 aliphatic carbocycles. The van der Waals surface area contributed by atoms with Crippen LogP contribution in [-0.2, 0) is 11.0 Å². The molecule has 1 aromatic heterocycles. The van der Waals surface area contributed by atoms with Gasteiger partial charge >= 0.3 is 6.18 Å². The standard InChI is InChI=1S/C17H22F3N3O/c18-17(19,20)13-5-6-15(21-11-13)23-9-7-12(8-10-23)16(24)22-14-3-1-2-4-14/h5-6,11-12,14H,1-4,7-10H2,(H,22,24). The van der Waals surface area contributed by atoms with Crippen LogP contribution < -0.4 is 10.2 Å². The molecule has 1 amide bonds. The molecule has 0 radical (unpaired) electrons. The van der Waals surface area contributed by atoms with E-state index in [4.69, 9.17) is 0 Å². The normalized spacial score (nSPS) is 20.4. The minimum atomic E-state index is -4.36. The monoisotopic (exact) mass is 341 g/mol. The molecule has 1 saturated carbocycles. The summed E-state index contributed by atoms with van der Waals surface area (Å²) in [4.78, 5) is 18.2. The molecule has 24 heavy (non-hydrogen) atoms. The van der Waals surface area contributed by atoms with Gasteiger partial charge in [0.15, 0.2) is 0 Å². The summed E-state index contributed by atoms with van der Waals surface area (Å²) in [6.07, 6.45) is 2.43. The Morgan fingerprint density at radius 1 is 1.12 bits per heavy atom. The lowest BCUT2D eigenvalue weighted by Gasteiger charge is -2.32. The van der Waals surface area contributed by atoms with Crippen molar-refractivity contribution in [3.63, 3.8) is 0 Å². The third kappa shape index (κ3) is 3.99. The number of rotatable bonds is 3. The van der Waals surface area contributed by atoms with Crippen molar-refractivity contribution < 1.29 is 18.0 Å². The van der Waals surface area contributed by atoms with E-state index < -0.39 is 11.7 Å². The zero-order valence-electron chi connectivity index (χ0n) is 13.5. The van der Waals surface area contributed by atoms with Crippen LogP contribution in [0.25, 0.3) is 0 Å². The van der Waals surface area contributed by atoms with Crippen molar-refractivity contribution >= 4 is 11.7 Å². The fourth-order valence-corrected chi connectivity index (χ4v) is 3.50. The minimum absolute atomic E-state index is 0.00343. The molecule has 2 fully saturated rings. The Hall–Kier alpha value is -1.79. The van der Waals surface area contributed by atoms with Gasteiger partial charge in [0.2, 0.25) is 5.91 Å². The van der Waals surface area contributed by atoms with Crippen molar-refractivity contribution in [2.24, 2.45) is 5.92 Å². The van der Waals surface area contributed by atoms with Crippen LogP contribution in [0, 0.1) is 5.92 Å². The molecule has 4 nitrogen and oxygen atoms in total. The van der Waals surface area contributed by atoms with Gasteiger partial charge in [-0.15, -0.1) is 0 Å². The smallest absolute Gasteiger partial charge is 0.357 e. The first kappa shape index (κ1) is 17.0. The third-order valence-electron chi connectivity index (χ3n) is 4.97. The number of hydrogen-bond acceptors (Lipinski definition) is 3. The number of carbonyl (C=O) groups excluding carboxylic acids is 1. The maximum absolute atomic E-state index is 12.6. The maximum Gasteiger partial charge on any atom is 0.417 e. The van der Waals surface area contributed by atoms with Crippen molar-refractivity contribution in [2.75, 3.05) is 18.0 Å². The van der Waals surface area contributed by atoms with Crippen LogP contribution in [0.3, 0.4) is 0 Å². The van der Waals surface area contributed by atoms with Crippen LogP contribution in [0.5, 0.6) is 0 Å². The Labute approximate surface area is 139 Å². The zero-order valence-corrected chi connectivity index (χ0v) is 13.5. The second-order valence-corrected chi connectivity index (χ2v) is 6.65. The lowest BCUT2D eigenvalue weighted by atomic mass is 9.95. The van der Waals surface area contributed by atoms with Crippen molar-refractivity contribution in [1.82, 2.24) is 10.3 Å². The summed E-state index contributed by atoms with van der Waals surface area (Å²) in [5.74, 6) is 0.663. The quantitative estimate of drug-likeness (QED) is 0.917. The Morgan fingerprint density at radius 3 is 2.33 bits per heavy atom. The number of piperidine rings is 1. The maximum atomic E-state index is 12.6. The Morgan fingerprint density at radius 2 is 1.79 bits per heavy atom. The van der Waals surface area contributed by atoms with E-state index in [0.29, 0.717) is 37.8 Å². The molecule has 0 atom stereocenters. The summed E-state index contributed by atoms with van der Waals surface area (Å²) in [6, 6.07) is 2.79. The van der Waals surface area contributed by atoms with Crippen LogP contribution in [0.4, 0.5) is 19.0 Å². The van der Waals surface area contributed by atoms with Gasteiger partial charge in [0.05, 0.1) is 5.56 Å². The number of carbonyl (C=O) groups is 1. The van der Waals surface area contributed by atoms with E-state index in [-0.39, 0.29) is 11.8 Å². The first-order valence-corrected chi connectivity index (χ1v) is 8.52. The highest BCUT2D eigenvalue weighted by atomic mass is 19.4. The third-order valence-corrected chi connectivity index (χ3v) is 4.97. The number of alkyl halides is 3. The van der Waals surface area contributed by atoms with Gasteiger partial charge in [-0.05, 0) is 37.8 Å². The first-order chi connectivity index (χ1) is 11.4. The SMILES string of the molecule is O=C(NC1CCCC1)C1CCN(c2ccc(C(F)(F)F)cn2)CC1. The fourth-order valence-electron chi connectivity index (χ4n) is 3.50. The van der Waals surface area contributed by atoms with Crippen LogP contribution in [0.1, 0.15) is 44.1 Å². The lowest BCUT2D eigenvalue weighted by Crippen LogP contribution is -2.43. The average molecular weight is 341 g/mol. The van der Waals surface area contributed by atoms with Gasteiger partial charge in [-0.3, -0.25) is 4.79 Å². The summed E-state index contributed by atoms with van der Waals surface area (Å²) >= 11 is 0. The van der Waals surface area contributed by atoms with E-state index >= 15 is 0 Å². The Bertz CT molecular complexity index is 559. The van der Waals surface area contributed by atoms with Crippen molar-refractivity contribution in [3.05, 3.63) is 23.9 Å². The summed E-state index contributed by atoms with van der Waals surface area (Å²) < 4.78 is 37.7. The Balaban J connectivity index is 1.52. The molecule has 7 heteroatoms. The molecular formula is C17H22F3N3O. The number of nitrogens with zero attached hydrogens (tertiary/aromatic N) is 2. The highest BCUT2D eigenvalue weighted by molar-refractivity contribution is 5.79. The van der Waals surface area contributed by atoms with Gasteiger partial charge in [0.25, 0.3) is 0 Å². The van der Waals surface area contributed by atoms with E-state index in [1.165, 1.54) is 18.9 Å². The number of hydrogen-bond donors (Lipinski definition) is 1. The molecule has 3 rings (SSSR count). The van der Waals surface area contributed by atoms with E-state index in [1.54, 1.807) is 0 Å². The summed E-state index contributed by atoms with van der Waals surface area (Å²) in [7, 11) is 0. The molecule has 0 spiro atoms. The highest BCUT2D eigenvalue weighted by Crippen LogP contribution is 2.30. The van der Waals surface area contributed by atoms with Gasteiger partial charge in [-0.25, -0.2) is 4.98 Å². The van der Waals surface area contributed by atoms with Crippen LogP contribution >= 0.6 is 0 Å². The van der Waals surface area contributed by atoms with Gasteiger partial charge in [-0.1, -0.05) is 12.8 Å². The summed E-state index contributed by atoms with van der Waals surface area (Å²) in [5, 5.41) is 3.13. The molecule has 1 N–H and O–H groups in total. The van der Waals surface area contributed by atoms with Crippen LogP contribution in [0.15, 0.2) is 18.3 Å². The second-order valence-electron chi connectivity index (χ2n) is 6.65. The zero-order chi connectivity index (χ0) is 17.2. The first-order valence-electron chi connectivity index (χ1n) is 8.52. The van der Waals surface area contributed by atoms with E-state index in [2.05, 4.69) is 10.3 Å². The van der Waals surface area contributed by atoms with E-state index in [1.807, 2.05) is 4.90 Å². The van der Waals surface area contributed by atoms with Crippen molar-refractivity contribution in [2.45, 2.75) is 50.7 Å². The lowest BCUT2D eigenvalue weighted by molar-refractivity contribution is -0.137. The molecular weight excluding hydrogens is 319 g/mol. The Kier molecular flexibility index (Phi) is 4.96. The number of nitrogens with one attached hydrogen (secondary N) is 1. The molecule has 2 aliphatic rings. The summed E-state index contributed by atoms with van der Waals surface area (Å²) in [6.45, 7) is 1.28. The number of aromatic nitrogens is 1. The van der Waals surface area contributed by atoms with Gasteiger partial charge < -0.3 is 10.2 Å². The molecule has 1 aliphatic heterocycles. The number of halogens is 3. The van der Waals surface area contributed by atoms with Crippen molar-refractivity contribution in [3.8, 4) is 0 Å². The molecule has 0 bridgehead atoms. The fraction of sp³-hybridized carbons (Fsp3) is 0.647. The largest absolute Gasteiger partial charge is 0.417 e. The molecule has 0 unspecified atom stereocenters. The predicted octanol–water partition coefficient (Wildman–Crippen LogP) is 3.38. The van der Waals surface area contributed by atoms with Crippen molar-refractivity contribution in [1.29, 1.82) is 0 Å². The highest BCUT2D eigenvalue weighted by Gasteiger charge is 2.31. The average Bonchev–Trinajstić information content (AvgIpc) is 3.07. The number of amides is 1. The molecule has 0 aromatic carbocycles. The van der Waals surface area contributed by atoms with E-state index in [9.17, 15) is 18.0 Å². The topological polar surface area (TPSA) is 45.2 Å². The predicted molar refractivity (Wildman–Crippen MR) is 84.6 cm³/mol. The van der Waals surface area contributed by atoms with Gasteiger partial charge in [-0.2, -0.15) is 13.2 Å². The van der Waals surface area contributed by atoms with Gasteiger partial charge in [0.1, 0.15) is 5.82 Å². The molecule has 2 heterocycles. The molecule has 1 aromatic rings. The van der Waals surface area contributed by atoms with E-state index in [0.717, 1.165) is 25.1 Å². The van der Waals surface area contributed by atoms with Crippen LogP contribution in [-0.4, -0.2) is 30.0 Å². The second kappa shape index (κ2) is 6.99. The molecule has 132 valence electrons. The van der Waals surface area contributed by atoms with Crippen LogP contribution in [0.2, 0.25) is 0 Å². The number of pyridine rings is 1. The molecule has 1 saturated heterocycles. The minimum Gasteiger partial charge on any atom is -0.357 e. The van der Waals surface area contributed by atoms with Gasteiger partial charge in [0, 0.05) is 31.2 Å².